The molecule has 0 unspecified atom stereocenters. The van der Waals surface area contributed by atoms with Crippen molar-refractivity contribution >= 4 is 27.7 Å². The molecule has 1 aliphatic heterocycles. The number of amides is 1. The van der Waals surface area contributed by atoms with Crippen molar-refractivity contribution < 1.29 is 19.4 Å². The van der Waals surface area contributed by atoms with Crippen molar-refractivity contribution in [2.45, 2.75) is 37.8 Å². The first-order chi connectivity index (χ1) is 17.5. The average Bonchev–Trinajstić information content (AvgIpc) is 3.23. The number of nitrogens with one attached hydrogen (secondary N) is 1. The predicted molar refractivity (Wildman–Crippen MR) is 144 cm³/mol. The molecule has 1 amide bonds. The molecule has 0 aromatic heterocycles. The Kier molecular flexibility index (Phi) is 8.78. The SMILES string of the molecule is C[C@H]1OC(c2ccc(OCCCO)cc2)=N[C@@]1(Cc1ccc(Br)cc1)C(=O)NCCc1ccccc1. The van der Waals surface area contributed by atoms with Crippen molar-refractivity contribution in [1.82, 2.24) is 5.32 Å². The van der Waals surface area contributed by atoms with Crippen LogP contribution in [0.5, 0.6) is 5.75 Å². The highest BCUT2D eigenvalue weighted by molar-refractivity contribution is 9.10. The van der Waals surface area contributed by atoms with Crippen LogP contribution >= 0.6 is 15.9 Å². The van der Waals surface area contributed by atoms with Crippen molar-refractivity contribution in [3.63, 3.8) is 0 Å². The van der Waals surface area contributed by atoms with Crippen LogP contribution < -0.4 is 10.1 Å². The van der Waals surface area contributed by atoms with Crippen LogP contribution in [0.15, 0.2) is 88.3 Å². The Hall–Kier alpha value is -3.16. The normalized spacial score (nSPS) is 18.9. The van der Waals surface area contributed by atoms with Gasteiger partial charge in [-0.3, -0.25) is 4.79 Å². The van der Waals surface area contributed by atoms with Crippen molar-refractivity contribution in [3.05, 3.63) is 100 Å². The molecule has 2 N–H and O–H groups in total. The van der Waals surface area contributed by atoms with E-state index in [0.717, 1.165) is 22.0 Å². The lowest BCUT2D eigenvalue weighted by molar-refractivity contribution is -0.128. The fourth-order valence-corrected chi connectivity index (χ4v) is 4.44. The Morgan fingerprint density at radius 2 is 1.78 bits per heavy atom. The molecule has 3 aromatic carbocycles. The Bertz CT molecular complexity index is 1170. The highest BCUT2D eigenvalue weighted by Gasteiger charge is 2.50. The Balaban J connectivity index is 1.55. The van der Waals surface area contributed by atoms with Gasteiger partial charge in [0.2, 0.25) is 5.90 Å². The fraction of sp³-hybridized carbons (Fsp3) is 0.310. The number of rotatable bonds is 11. The summed E-state index contributed by atoms with van der Waals surface area (Å²) >= 11 is 3.48. The van der Waals surface area contributed by atoms with Gasteiger partial charge < -0.3 is 19.9 Å². The predicted octanol–water partition coefficient (Wildman–Crippen LogP) is 4.72. The molecule has 0 aliphatic carbocycles. The smallest absolute Gasteiger partial charge is 0.252 e. The second-order valence-electron chi connectivity index (χ2n) is 8.85. The molecule has 1 heterocycles. The van der Waals surface area contributed by atoms with Crippen LogP contribution in [0.1, 0.15) is 30.0 Å². The van der Waals surface area contributed by atoms with E-state index in [1.165, 1.54) is 5.56 Å². The van der Waals surface area contributed by atoms with Crippen LogP contribution in [0.3, 0.4) is 0 Å². The number of hydrogen-bond acceptors (Lipinski definition) is 5. The summed E-state index contributed by atoms with van der Waals surface area (Å²) in [7, 11) is 0. The number of carbonyl (C=O) groups is 1. The summed E-state index contributed by atoms with van der Waals surface area (Å²) in [5.41, 5.74) is 1.87. The van der Waals surface area contributed by atoms with Crippen LogP contribution in [-0.4, -0.2) is 48.3 Å². The summed E-state index contributed by atoms with van der Waals surface area (Å²) in [6.45, 7) is 2.96. The molecule has 4 rings (SSSR count). The lowest BCUT2D eigenvalue weighted by Crippen LogP contribution is -2.52. The van der Waals surface area contributed by atoms with Crippen LogP contribution in [0, 0.1) is 0 Å². The third kappa shape index (κ3) is 6.33. The van der Waals surface area contributed by atoms with E-state index < -0.39 is 11.6 Å². The highest BCUT2D eigenvalue weighted by atomic mass is 79.9. The zero-order valence-corrected chi connectivity index (χ0v) is 21.9. The van der Waals surface area contributed by atoms with E-state index in [1.807, 2.05) is 73.7 Å². The Morgan fingerprint density at radius 1 is 1.06 bits per heavy atom. The molecule has 0 saturated carbocycles. The Labute approximate surface area is 220 Å². The Morgan fingerprint density at radius 3 is 2.47 bits per heavy atom. The molecular formula is C29H31BrN2O4. The first kappa shape index (κ1) is 25.9. The third-order valence-electron chi connectivity index (χ3n) is 6.26. The number of nitrogens with zero attached hydrogens (tertiary/aromatic N) is 1. The van der Waals surface area contributed by atoms with Crippen molar-refractivity contribution in [3.8, 4) is 5.75 Å². The van der Waals surface area contributed by atoms with Gasteiger partial charge in [-0.2, -0.15) is 0 Å². The summed E-state index contributed by atoms with van der Waals surface area (Å²) in [4.78, 5) is 18.6. The number of benzene rings is 3. The summed E-state index contributed by atoms with van der Waals surface area (Å²) < 4.78 is 12.8. The fourth-order valence-electron chi connectivity index (χ4n) is 4.17. The van der Waals surface area contributed by atoms with Crippen LogP contribution in [0.25, 0.3) is 0 Å². The van der Waals surface area contributed by atoms with E-state index in [-0.39, 0.29) is 12.5 Å². The molecule has 0 spiro atoms. The van der Waals surface area contributed by atoms with Gasteiger partial charge in [-0.25, -0.2) is 4.99 Å². The van der Waals surface area contributed by atoms with E-state index in [1.54, 1.807) is 0 Å². The molecule has 7 heteroatoms. The van der Waals surface area contributed by atoms with Crippen LogP contribution in [0.2, 0.25) is 0 Å². The second kappa shape index (κ2) is 12.2. The molecule has 188 valence electrons. The van der Waals surface area contributed by atoms with Gasteiger partial charge in [-0.05, 0) is 60.9 Å². The molecule has 0 fully saturated rings. The first-order valence-electron chi connectivity index (χ1n) is 12.2. The van der Waals surface area contributed by atoms with Crippen molar-refractivity contribution in [2.24, 2.45) is 4.99 Å². The minimum absolute atomic E-state index is 0.0917. The number of ether oxygens (including phenoxy) is 2. The first-order valence-corrected chi connectivity index (χ1v) is 13.0. The van der Waals surface area contributed by atoms with Gasteiger partial charge in [0.1, 0.15) is 11.9 Å². The summed E-state index contributed by atoms with van der Waals surface area (Å²) in [5.74, 6) is 1.01. The monoisotopic (exact) mass is 550 g/mol. The standard InChI is InChI=1S/C29H31BrN2O4/c1-21-29(20-23-8-12-25(30)13-9-23,28(34)31-17-16-22-6-3-2-4-7-22)32-27(36-21)24-10-14-26(15-11-24)35-19-5-18-33/h2-4,6-15,21,33H,5,16-20H2,1H3,(H,31,34)/t21-,29-/m1/s1. The van der Waals surface area contributed by atoms with Gasteiger partial charge in [-0.1, -0.05) is 58.4 Å². The highest BCUT2D eigenvalue weighted by Crippen LogP contribution is 2.33. The van der Waals surface area contributed by atoms with E-state index in [9.17, 15) is 4.79 Å². The second-order valence-corrected chi connectivity index (χ2v) is 9.76. The van der Waals surface area contributed by atoms with E-state index in [4.69, 9.17) is 19.6 Å². The number of carbonyl (C=O) groups excluding carboxylic acids is 1. The van der Waals surface area contributed by atoms with Gasteiger partial charge in [0.05, 0.1) is 6.61 Å². The maximum atomic E-state index is 13.7. The third-order valence-corrected chi connectivity index (χ3v) is 6.79. The summed E-state index contributed by atoms with van der Waals surface area (Å²) in [6.07, 6.45) is 1.29. The molecule has 0 radical (unpaired) electrons. The minimum Gasteiger partial charge on any atom is -0.494 e. The summed E-state index contributed by atoms with van der Waals surface area (Å²) in [5, 5.41) is 12.0. The molecule has 3 aromatic rings. The number of hydrogen-bond donors (Lipinski definition) is 2. The number of aliphatic hydroxyl groups is 1. The molecule has 0 bridgehead atoms. The lowest BCUT2D eigenvalue weighted by atomic mass is 9.86. The van der Waals surface area contributed by atoms with Crippen LogP contribution in [0.4, 0.5) is 0 Å². The average molecular weight is 551 g/mol. The van der Waals surface area contributed by atoms with Crippen molar-refractivity contribution in [1.29, 1.82) is 0 Å². The van der Waals surface area contributed by atoms with Crippen LogP contribution in [-0.2, 0) is 22.4 Å². The molecule has 1 aliphatic rings. The van der Waals surface area contributed by atoms with Gasteiger partial charge in [-0.15, -0.1) is 0 Å². The topological polar surface area (TPSA) is 80.2 Å². The number of aliphatic hydroxyl groups excluding tert-OH is 1. The molecule has 2 atom stereocenters. The zero-order chi connectivity index (χ0) is 25.4. The molecule has 36 heavy (non-hydrogen) atoms. The van der Waals surface area contributed by atoms with Crippen molar-refractivity contribution in [2.75, 3.05) is 19.8 Å². The van der Waals surface area contributed by atoms with Gasteiger partial charge in [0.15, 0.2) is 5.54 Å². The number of aliphatic imine (C=N–C) groups is 1. The molecule has 0 saturated heterocycles. The molecule has 6 nitrogen and oxygen atoms in total. The van der Waals surface area contributed by atoms with E-state index in [2.05, 4.69) is 33.4 Å². The van der Waals surface area contributed by atoms with Gasteiger partial charge in [0, 0.05) is 36.0 Å². The maximum absolute atomic E-state index is 13.7. The summed E-state index contributed by atoms with van der Waals surface area (Å²) in [6, 6.07) is 25.5. The zero-order valence-electron chi connectivity index (χ0n) is 20.3. The minimum atomic E-state index is -1.09. The lowest BCUT2D eigenvalue weighted by Gasteiger charge is -2.28. The largest absolute Gasteiger partial charge is 0.494 e. The molecular weight excluding hydrogens is 520 g/mol. The number of halogens is 1. The quantitative estimate of drug-likeness (QED) is 0.338. The van der Waals surface area contributed by atoms with E-state index >= 15 is 0 Å². The van der Waals surface area contributed by atoms with Gasteiger partial charge in [0.25, 0.3) is 5.91 Å². The van der Waals surface area contributed by atoms with E-state index in [0.29, 0.717) is 37.6 Å². The van der Waals surface area contributed by atoms with Gasteiger partial charge >= 0.3 is 0 Å². The maximum Gasteiger partial charge on any atom is 0.252 e.